The van der Waals surface area contributed by atoms with E-state index in [0.717, 1.165) is 30.3 Å². The van der Waals surface area contributed by atoms with E-state index in [0.29, 0.717) is 0 Å². The van der Waals surface area contributed by atoms with E-state index in [1.165, 1.54) is 30.6 Å². The molecule has 1 aliphatic rings. The highest BCUT2D eigenvalue weighted by Gasteiger charge is 2.15. The Bertz CT molecular complexity index is 413. The van der Waals surface area contributed by atoms with Crippen molar-refractivity contribution in [3.05, 3.63) is 24.3 Å². The Hall–Kier alpha value is -1.16. The number of carbonyl (C=O) groups excluding carboxylic acids is 1. The van der Waals surface area contributed by atoms with Crippen LogP contribution in [0.25, 0.3) is 0 Å². The van der Waals surface area contributed by atoms with Crippen molar-refractivity contribution in [3.8, 4) is 0 Å². The maximum atomic E-state index is 11.6. The lowest BCUT2D eigenvalue weighted by Crippen LogP contribution is -2.29. The topological polar surface area (TPSA) is 41.1 Å². The van der Waals surface area contributed by atoms with Gasteiger partial charge in [-0.1, -0.05) is 26.2 Å². The monoisotopic (exact) mass is 292 g/mol. The molecule has 0 unspecified atom stereocenters. The van der Waals surface area contributed by atoms with E-state index in [4.69, 9.17) is 0 Å². The molecule has 0 spiro atoms. The van der Waals surface area contributed by atoms with Gasteiger partial charge in [-0.05, 0) is 43.5 Å². The Morgan fingerprint density at radius 3 is 2.60 bits per heavy atom. The summed E-state index contributed by atoms with van der Waals surface area (Å²) in [4.78, 5) is 12.9. The molecular formula is C16H24N2OS. The maximum Gasteiger partial charge on any atom is 0.319 e. The number of hydrogen-bond acceptors (Lipinski definition) is 2. The van der Waals surface area contributed by atoms with Crippen LogP contribution in [0.1, 0.15) is 45.4 Å². The van der Waals surface area contributed by atoms with Gasteiger partial charge in [-0.15, -0.1) is 11.8 Å². The van der Waals surface area contributed by atoms with Crippen LogP contribution in [-0.4, -0.2) is 17.8 Å². The quantitative estimate of drug-likeness (QED) is 0.750. The SMILES string of the molecule is CCCCNC(=O)Nc1ccc(SC2CCCC2)cc1. The first-order chi connectivity index (χ1) is 9.78. The average molecular weight is 292 g/mol. The van der Waals surface area contributed by atoms with Gasteiger partial charge in [-0.2, -0.15) is 0 Å². The highest BCUT2D eigenvalue weighted by molar-refractivity contribution is 8.00. The largest absolute Gasteiger partial charge is 0.338 e. The Balaban J connectivity index is 1.77. The lowest BCUT2D eigenvalue weighted by molar-refractivity contribution is 0.252. The van der Waals surface area contributed by atoms with Crippen molar-refractivity contribution < 1.29 is 4.79 Å². The number of hydrogen-bond donors (Lipinski definition) is 2. The first-order valence-corrected chi connectivity index (χ1v) is 8.47. The molecule has 3 nitrogen and oxygen atoms in total. The molecule has 2 N–H and O–H groups in total. The van der Waals surface area contributed by atoms with Crippen molar-refractivity contribution in [2.45, 2.75) is 55.6 Å². The number of carbonyl (C=O) groups is 1. The molecule has 0 saturated heterocycles. The molecule has 1 fully saturated rings. The van der Waals surface area contributed by atoms with Crippen LogP contribution in [0.3, 0.4) is 0 Å². The van der Waals surface area contributed by atoms with Gasteiger partial charge in [0, 0.05) is 22.4 Å². The van der Waals surface area contributed by atoms with Crippen molar-refractivity contribution in [2.24, 2.45) is 0 Å². The molecular weight excluding hydrogens is 268 g/mol. The van der Waals surface area contributed by atoms with Gasteiger partial charge in [0.1, 0.15) is 0 Å². The van der Waals surface area contributed by atoms with Crippen molar-refractivity contribution in [2.75, 3.05) is 11.9 Å². The second-order valence-electron chi connectivity index (χ2n) is 5.28. The summed E-state index contributed by atoms with van der Waals surface area (Å²) in [5, 5.41) is 6.50. The molecule has 0 heterocycles. The summed E-state index contributed by atoms with van der Waals surface area (Å²) in [6, 6.07) is 8.05. The minimum Gasteiger partial charge on any atom is -0.338 e. The van der Waals surface area contributed by atoms with Gasteiger partial charge in [-0.25, -0.2) is 4.79 Å². The third-order valence-electron chi connectivity index (χ3n) is 3.53. The fourth-order valence-corrected chi connectivity index (χ4v) is 3.62. The third kappa shape index (κ3) is 5.08. The Morgan fingerprint density at radius 2 is 1.95 bits per heavy atom. The second-order valence-corrected chi connectivity index (χ2v) is 6.66. The summed E-state index contributed by atoms with van der Waals surface area (Å²) < 4.78 is 0. The summed E-state index contributed by atoms with van der Waals surface area (Å²) in [6.07, 6.45) is 7.53. The van der Waals surface area contributed by atoms with Crippen LogP contribution in [0, 0.1) is 0 Å². The van der Waals surface area contributed by atoms with Crippen LogP contribution >= 0.6 is 11.8 Å². The van der Waals surface area contributed by atoms with E-state index >= 15 is 0 Å². The van der Waals surface area contributed by atoms with Crippen LogP contribution in [-0.2, 0) is 0 Å². The summed E-state index contributed by atoms with van der Waals surface area (Å²) in [6.45, 7) is 2.85. The fourth-order valence-electron chi connectivity index (χ4n) is 2.37. The Morgan fingerprint density at radius 1 is 1.25 bits per heavy atom. The molecule has 110 valence electrons. The van der Waals surface area contributed by atoms with Gasteiger partial charge in [0.25, 0.3) is 0 Å². The predicted molar refractivity (Wildman–Crippen MR) is 86.5 cm³/mol. The number of nitrogens with one attached hydrogen (secondary N) is 2. The normalized spacial score (nSPS) is 15.2. The fraction of sp³-hybridized carbons (Fsp3) is 0.562. The molecule has 0 aliphatic heterocycles. The van der Waals surface area contributed by atoms with Crippen LogP contribution < -0.4 is 10.6 Å². The van der Waals surface area contributed by atoms with E-state index in [2.05, 4.69) is 29.7 Å². The molecule has 1 saturated carbocycles. The summed E-state index contributed by atoms with van der Waals surface area (Å²) in [5.74, 6) is 0. The molecule has 2 rings (SSSR count). The van der Waals surface area contributed by atoms with Gasteiger partial charge < -0.3 is 10.6 Å². The highest BCUT2D eigenvalue weighted by Crippen LogP contribution is 2.34. The predicted octanol–water partition coefficient (Wildman–Crippen LogP) is 4.64. The van der Waals surface area contributed by atoms with Crippen molar-refractivity contribution in [1.82, 2.24) is 5.32 Å². The van der Waals surface area contributed by atoms with Crippen LogP contribution in [0.2, 0.25) is 0 Å². The van der Waals surface area contributed by atoms with Crippen LogP contribution in [0.5, 0.6) is 0 Å². The minimum atomic E-state index is -0.116. The number of rotatable bonds is 6. The highest BCUT2D eigenvalue weighted by atomic mass is 32.2. The lowest BCUT2D eigenvalue weighted by Gasteiger charge is -2.10. The maximum absolute atomic E-state index is 11.6. The number of urea groups is 1. The number of thioether (sulfide) groups is 1. The van der Waals surface area contributed by atoms with E-state index < -0.39 is 0 Å². The molecule has 1 aliphatic carbocycles. The molecule has 4 heteroatoms. The van der Waals surface area contributed by atoms with Crippen LogP contribution in [0.15, 0.2) is 29.2 Å². The van der Waals surface area contributed by atoms with Gasteiger partial charge in [0.05, 0.1) is 0 Å². The van der Waals surface area contributed by atoms with Gasteiger partial charge >= 0.3 is 6.03 Å². The molecule has 1 aromatic rings. The number of amides is 2. The van der Waals surface area contributed by atoms with Crippen molar-refractivity contribution >= 4 is 23.5 Å². The number of anilines is 1. The molecule has 2 amide bonds. The molecule has 0 aromatic heterocycles. The van der Waals surface area contributed by atoms with E-state index in [-0.39, 0.29) is 6.03 Å². The van der Waals surface area contributed by atoms with Gasteiger partial charge in [0.15, 0.2) is 0 Å². The van der Waals surface area contributed by atoms with Crippen LogP contribution in [0.4, 0.5) is 10.5 Å². The third-order valence-corrected chi connectivity index (χ3v) is 4.88. The van der Waals surface area contributed by atoms with E-state index in [1.54, 1.807) is 0 Å². The smallest absolute Gasteiger partial charge is 0.319 e. The van der Waals surface area contributed by atoms with Crippen molar-refractivity contribution in [1.29, 1.82) is 0 Å². The van der Waals surface area contributed by atoms with E-state index in [1.807, 2.05) is 23.9 Å². The van der Waals surface area contributed by atoms with E-state index in [9.17, 15) is 4.79 Å². The number of unbranched alkanes of at least 4 members (excludes halogenated alkanes) is 1. The zero-order valence-corrected chi connectivity index (χ0v) is 13.0. The molecule has 0 atom stereocenters. The van der Waals surface area contributed by atoms with Crippen molar-refractivity contribution in [3.63, 3.8) is 0 Å². The summed E-state index contributed by atoms with van der Waals surface area (Å²) in [7, 11) is 0. The summed E-state index contributed by atoms with van der Waals surface area (Å²) >= 11 is 1.97. The molecule has 1 aromatic carbocycles. The summed E-state index contributed by atoms with van der Waals surface area (Å²) in [5.41, 5.74) is 0.856. The Kier molecular flexibility index (Phi) is 6.25. The number of benzene rings is 1. The Labute approximate surface area is 125 Å². The first kappa shape index (κ1) is 15.2. The van der Waals surface area contributed by atoms with Gasteiger partial charge in [-0.3, -0.25) is 0 Å². The molecule has 0 radical (unpaired) electrons. The zero-order chi connectivity index (χ0) is 14.2. The molecule has 20 heavy (non-hydrogen) atoms. The minimum absolute atomic E-state index is 0.116. The second kappa shape index (κ2) is 8.20. The lowest BCUT2D eigenvalue weighted by atomic mass is 10.3. The molecule has 0 bridgehead atoms. The van der Waals surface area contributed by atoms with Gasteiger partial charge in [0.2, 0.25) is 0 Å². The standard InChI is InChI=1S/C16H24N2OS/c1-2-3-12-17-16(19)18-13-8-10-15(11-9-13)20-14-6-4-5-7-14/h8-11,14H,2-7,12H2,1H3,(H2,17,18,19). The average Bonchev–Trinajstić information content (AvgIpc) is 2.94. The zero-order valence-electron chi connectivity index (χ0n) is 12.2. The first-order valence-electron chi connectivity index (χ1n) is 7.59.